The molecule has 3 heterocycles. The van der Waals surface area contributed by atoms with Crippen molar-refractivity contribution >= 4 is 34.7 Å². The number of rotatable bonds is 9. The number of imidazole rings is 1. The number of aliphatic imine (C=N–C) groups is 1. The van der Waals surface area contributed by atoms with Gasteiger partial charge in [0.2, 0.25) is 5.91 Å². The molecule has 1 aliphatic heterocycles. The molecule has 0 radical (unpaired) electrons. The third kappa shape index (κ3) is 6.03. The smallest absolute Gasteiger partial charge is 0.269 e. The summed E-state index contributed by atoms with van der Waals surface area (Å²) in [6.45, 7) is 2.01. The van der Waals surface area contributed by atoms with Gasteiger partial charge in [0.1, 0.15) is 23.0 Å². The predicted molar refractivity (Wildman–Crippen MR) is 159 cm³/mol. The number of benzene rings is 2. The van der Waals surface area contributed by atoms with Crippen LogP contribution in [0.1, 0.15) is 40.7 Å². The van der Waals surface area contributed by atoms with Crippen LogP contribution >= 0.6 is 11.6 Å². The molecule has 2 aromatic carbocycles. The Bertz CT molecular complexity index is 1750. The molecular formula is C31H27ClN8O2. The number of aryl methyl sites for hydroxylation is 2. The standard InChI is InChI=1S/C31H27ClN8O2/c1-19-7-12-26(40-18-33-38-39-40)22(15-19)10-14-28(42)35-25(16-20-5-3-2-4-6-20)31-36-29(30(32)37-31)23-8-11-24-21(17-23)9-13-27(41)34-24/h2-9,11-13,15,17-18,21,25H,10,14,16H2,1H3,(H,35,42)(H,36,37)/t21?,25-/m0/s1. The number of aromatic amines is 1. The van der Waals surface area contributed by atoms with E-state index in [-0.39, 0.29) is 24.2 Å². The average molecular weight is 579 g/mol. The molecule has 210 valence electrons. The number of H-pyrrole nitrogens is 1. The molecular weight excluding hydrogens is 552 g/mol. The average Bonchev–Trinajstić information content (AvgIpc) is 3.66. The molecule has 2 N–H and O–H groups in total. The van der Waals surface area contributed by atoms with Gasteiger partial charge < -0.3 is 10.3 Å². The Hall–Kier alpha value is -4.96. The van der Waals surface area contributed by atoms with Crippen LogP contribution in [0.2, 0.25) is 5.15 Å². The maximum atomic E-state index is 13.3. The van der Waals surface area contributed by atoms with Crippen molar-refractivity contribution in [1.82, 2.24) is 35.5 Å². The molecule has 0 spiro atoms. The van der Waals surface area contributed by atoms with Crippen molar-refractivity contribution in [2.24, 2.45) is 10.9 Å². The van der Waals surface area contributed by atoms with E-state index in [2.05, 4.69) is 30.8 Å². The molecule has 10 nitrogen and oxygen atoms in total. The van der Waals surface area contributed by atoms with Crippen molar-refractivity contribution in [3.05, 3.63) is 119 Å². The van der Waals surface area contributed by atoms with E-state index in [1.54, 1.807) is 4.68 Å². The highest BCUT2D eigenvalue weighted by molar-refractivity contribution is 6.31. The lowest BCUT2D eigenvalue weighted by Gasteiger charge is -2.18. The minimum Gasteiger partial charge on any atom is -0.346 e. The molecule has 2 aliphatic rings. The SMILES string of the molecule is Cc1ccc(-n2cnnn2)c(CCC(=O)N[C@@H](Cc2ccccc2)c2nc(C3=CC4C=CC(=O)N=C4C=C3)c(Cl)[nH]2)c1. The van der Waals surface area contributed by atoms with Crippen LogP contribution in [0.4, 0.5) is 0 Å². The zero-order valence-corrected chi connectivity index (χ0v) is 23.5. The third-order valence-corrected chi connectivity index (χ3v) is 7.44. The molecule has 42 heavy (non-hydrogen) atoms. The zero-order chi connectivity index (χ0) is 29.1. The summed E-state index contributed by atoms with van der Waals surface area (Å²) in [5.74, 6) is 0.0407. The van der Waals surface area contributed by atoms with Gasteiger partial charge in [0.15, 0.2) is 0 Å². The van der Waals surface area contributed by atoms with E-state index in [1.165, 1.54) is 12.4 Å². The highest BCUT2D eigenvalue weighted by Gasteiger charge is 2.25. The van der Waals surface area contributed by atoms with Gasteiger partial charge in [0.05, 0.1) is 17.4 Å². The largest absolute Gasteiger partial charge is 0.346 e. The van der Waals surface area contributed by atoms with Crippen molar-refractivity contribution in [2.45, 2.75) is 32.2 Å². The Morgan fingerprint density at radius 3 is 2.81 bits per heavy atom. The molecule has 0 saturated carbocycles. The van der Waals surface area contributed by atoms with E-state index < -0.39 is 6.04 Å². The van der Waals surface area contributed by atoms with Crippen LogP contribution < -0.4 is 5.32 Å². The predicted octanol–water partition coefficient (Wildman–Crippen LogP) is 4.49. The van der Waals surface area contributed by atoms with Gasteiger partial charge in [-0.2, -0.15) is 0 Å². The number of nitrogens with zero attached hydrogens (tertiary/aromatic N) is 6. The normalized spacial score (nSPS) is 16.5. The first-order valence-corrected chi connectivity index (χ1v) is 13.9. The summed E-state index contributed by atoms with van der Waals surface area (Å²) in [7, 11) is 0. The summed E-state index contributed by atoms with van der Waals surface area (Å²) in [6.07, 6.45) is 11.7. The van der Waals surface area contributed by atoms with Crippen LogP contribution in [0.15, 0.2) is 90.2 Å². The van der Waals surface area contributed by atoms with E-state index in [0.717, 1.165) is 28.0 Å². The number of carbonyl (C=O) groups is 2. The quantitative estimate of drug-likeness (QED) is 0.301. The zero-order valence-electron chi connectivity index (χ0n) is 22.7. The van der Waals surface area contributed by atoms with Crippen LogP contribution in [0.5, 0.6) is 0 Å². The van der Waals surface area contributed by atoms with Gasteiger partial charge >= 0.3 is 0 Å². The van der Waals surface area contributed by atoms with Crippen LogP contribution in [0.25, 0.3) is 11.3 Å². The molecule has 2 atom stereocenters. The van der Waals surface area contributed by atoms with Gasteiger partial charge in [-0.25, -0.2) is 14.7 Å². The van der Waals surface area contributed by atoms with E-state index in [0.29, 0.717) is 35.2 Å². The molecule has 2 aromatic heterocycles. The maximum Gasteiger partial charge on any atom is 0.269 e. The fourth-order valence-electron chi connectivity index (χ4n) is 5.11. The Balaban J connectivity index is 1.22. The van der Waals surface area contributed by atoms with Gasteiger partial charge in [0, 0.05) is 24.0 Å². The van der Waals surface area contributed by atoms with Gasteiger partial charge in [-0.15, -0.1) is 5.10 Å². The monoisotopic (exact) mass is 578 g/mol. The van der Waals surface area contributed by atoms with Crippen LogP contribution in [-0.4, -0.2) is 47.7 Å². The molecule has 0 bridgehead atoms. The first kappa shape index (κ1) is 27.2. The summed E-state index contributed by atoms with van der Waals surface area (Å²) in [4.78, 5) is 37.1. The van der Waals surface area contributed by atoms with Crippen LogP contribution in [0, 0.1) is 12.8 Å². The number of nitrogens with one attached hydrogen (secondary N) is 2. The molecule has 11 heteroatoms. The minimum atomic E-state index is -0.444. The third-order valence-electron chi connectivity index (χ3n) is 7.17. The first-order chi connectivity index (χ1) is 20.4. The Morgan fingerprint density at radius 2 is 2.00 bits per heavy atom. The molecule has 0 saturated heterocycles. The summed E-state index contributed by atoms with van der Waals surface area (Å²) in [5.41, 5.74) is 6.01. The molecule has 0 fully saturated rings. The number of aromatic nitrogens is 6. The number of allylic oxidation sites excluding steroid dienone is 5. The van der Waals surface area contributed by atoms with Gasteiger partial charge in [-0.05, 0) is 53.5 Å². The topological polar surface area (TPSA) is 131 Å². The Labute approximate surface area is 246 Å². The molecule has 1 aliphatic carbocycles. The second kappa shape index (κ2) is 11.9. The highest BCUT2D eigenvalue weighted by Crippen LogP contribution is 2.31. The molecule has 2 amide bonds. The van der Waals surface area contributed by atoms with Crippen molar-refractivity contribution in [2.75, 3.05) is 0 Å². The Morgan fingerprint density at radius 1 is 1.14 bits per heavy atom. The van der Waals surface area contributed by atoms with Crippen molar-refractivity contribution in [3.8, 4) is 5.69 Å². The number of carbonyl (C=O) groups excluding carboxylic acids is 2. The van der Waals surface area contributed by atoms with E-state index in [4.69, 9.17) is 16.6 Å². The number of tetrazole rings is 1. The summed E-state index contributed by atoms with van der Waals surface area (Å²) < 4.78 is 1.60. The second-order valence-electron chi connectivity index (χ2n) is 10.2. The first-order valence-electron chi connectivity index (χ1n) is 13.6. The van der Waals surface area contributed by atoms with E-state index >= 15 is 0 Å². The number of fused-ring (bicyclic) bond motifs is 1. The van der Waals surface area contributed by atoms with Crippen LogP contribution in [-0.2, 0) is 22.4 Å². The van der Waals surface area contributed by atoms with E-state index in [1.807, 2.05) is 79.8 Å². The fraction of sp³-hybridized carbons (Fsp3) is 0.194. The Kier molecular flexibility index (Phi) is 7.70. The van der Waals surface area contributed by atoms with Crippen molar-refractivity contribution < 1.29 is 9.59 Å². The fourth-order valence-corrected chi connectivity index (χ4v) is 5.36. The number of hydrogen-bond donors (Lipinski definition) is 2. The number of halogens is 1. The molecule has 6 rings (SSSR count). The number of dihydropyridines is 1. The van der Waals surface area contributed by atoms with Gasteiger partial charge in [0.25, 0.3) is 5.91 Å². The molecule has 4 aromatic rings. The van der Waals surface area contributed by atoms with E-state index in [9.17, 15) is 9.59 Å². The molecule has 1 unspecified atom stereocenters. The lowest BCUT2D eigenvalue weighted by molar-refractivity contribution is -0.121. The summed E-state index contributed by atoms with van der Waals surface area (Å²) in [5, 5.41) is 15.0. The second-order valence-corrected chi connectivity index (χ2v) is 10.6. The maximum absolute atomic E-state index is 13.3. The number of amides is 2. The van der Waals surface area contributed by atoms with Crippen LogP contribution in [0.3, 0.4) is 0 Å². The van der Waals surface area contributed by atoms with Crippen molar-refractivity contribution in [1.29, 1.82) is 0 Å². The van der Waals surface area contributed by atoms with Crippen molar-refractivity contribution in [3.63, 3.8) is 0 Å². The summed E-state index contributed by atoms with van der Waals surface area (Å²) in [6, 6.07) is 15.5. The minimum absolute atomic E-state index is 0.121. The highest BCUT2D eigenvalue weighted by atomic mass is 35.5. The lowest BCUT2D eigenvalue weighted by Crippen LogP contribution is -2.31. The van der Waals surface area contributed by atoms with Gasteiger partial charge in [-0.1, -0.05) is 77.9 Å². The number of hydrogen-bond acceptors (Lipinski definition) is 6. The lowest BCUT2D eigenvalue weighted by atomic mass is 9.91. The summed E-state index contributed by atoms with van der Waals surface area (Å²) >= 11 is 6.66. The van der Waals surface area contributed by atoms with Gasteiger partial charge in [-0.3, -0.25) is 9.59 Å².